The van der Waals surface area contributed by atoms with Gasteiger partial charge in [-0.25, -0.2) is 4.68 Å². The van der Waals surface area contributed by atoms with Crippen molar-refractivity contribution in [2.45, 2.75) is 38.0 Å². The van der Waals surface area contributed by atoms with Gasteiger partial charge < -0.3 is 14.8 Å². The molecule has 0 bridgehead atoms. The molecule has 2 heterocycles. The van der Waals surface area contributed by atoms with Gasteiger partial charge in [0.25, 0.3) is 0 Å². The van der Waals surface area contributed by atoms with E-state index in [1.165, 1.54) is 11.8 Å². The number of nitrogens with zero attached hydrogens (tertiary/aromatic N) is 3. The van der Waals surface area contributed by atoms with Crippen molar-refractivity contribution < 1.29 is 19.1 Å². The third-order valence-electron chi connectivity index (χ3n) is 7.77. The first-order valence-corrected chi connectivity index (χ1v) is 15.6. The van der Waals surface area contributed by atoms with Crippen LogP contribution in [-0.4, -0.2) is 54.2 Å². The van der Waals surface area contributed by atoms with Crippen molar-refractivity contribution in [1.82, 2.24) is 15.1 Å². The van der Waals surface area contributed by atoms with E-state index in [0.29, 0.717) is 33.6 Å². The molecule has 1 N–H and O–H groups in total. The summed E-state index contributed by atoms with van der Waals surface area (Å²) in [6.45, 7) is 3.92. The molecule has 1 fully saturated rings. The molecular weight excluding hydrogens is 584 g/mol. The summed E-state index contributed by atoms with van der Waals surface area (Å²) in [5, 5.41) is 8.47. The molecule has 2 aliphatic rings. The molecule has 1 atom stereocenters. The summed E-state index contributed by atoms with van der Waals surface area (Å²) >= 11 is 8.30. The second kappa shape index (κ2) is 12.0. The molecule has 8 nitrogen and oxygen atoms in total. The van der Waals surface area contributed by atoms with Crippen molar-refractivity contribution in [2.24, 2.45) is 0 Å². The number of benzene rings is 3. The highest BCUT2D eigenvalue weighted by Gasteiger charge is 2.40. The molecule has 4 aromatic rings. The predicted octanol–water partition coefficient (Wildman–Crippen LogP) is 6.27. The fourth-order valence-corrected chi connectivity index (χ4v) is 7.12. The number of anilines is 1. The van der Waals surface area contributed by atoms with Crippen LogP contribution in [0.1, 0.15) is 40.3 Å². The summed E-state index contributed by atoms with van der Waals surface area (Å²) in [7, 11) is 3.22. The predicted molar refractivity (Wildman–Crippen MR) is 171 cm³/mol. The Morgan fingerprint density at radius 1 is 1.05 bits per heavy atom. The minimum atomic E-state index is -0.381. The van der Waals surface area contributed by atoms with Crippen LogP contribution in [0.4, 0.5) is 5.82 Å². The largest absolute Gasteiger partial charge is 0.496 e. The van der Waals surface area contributed by atoms with Gasteiger partial charge in [-0.05, 0) is 62.1 Å². The lowest BCUT2D eigenvalue weighted by Crippen LogP contribution is -2.43. The summed E-state index contributed by atoms with van der Waals surface area (Å²) in [5.41, 5.74) is 5.73. The van der Waals surface area contributed by atoms with E-state index in [1.54, 1.807) is 23.8 Å². The minimum absolute atomic E-state index is 0.128. The number of ether oxygens (including phenoxy) is 2. The summed E-state index contributed by atoms with van der Waals surface area (Å²) in [5.74, 6) is 1.44. The Morgan fingerprint density at radius 2 is 1.77 bits per heavy atom. The van der Waals surface area contributed by atoms with Gasteiger partial charge in [-0.15, -0.1) is 11.8 Å². The van der Waals surface area contributed by atoms with E-state index in [9.17, 15) is 9.59 Å². The fourth-order valence-electron chi connectivity index (χ4n) is 5.58. The lowest BCUT2D eigenvalue weighted by atomic mass is 9.98. The summed E-state index contributed by atoms with van der Waals surface area (Å²) < 4.78 is 13.5. The monoisotopic (exact) mass is 616 g/mol. The third-order valence-corrected chi connectivity index (χ3v) is 9.35. The highest BCUT2D eigenvalue weighted by Crippen LogP contribution is 2.52. The van der Waals surface area contributed by atoms with Crippen LogP contribution in [0.3, 0.4) is 0 Å². The molecule has 1 aromatic heterocycles. The number of thioether (sulfide) groups is 1. The highest BCUT2D eigenvalue weighted by molar-refractivity contribution is 8.00. The first-order valence-electron chi connectivity index (χ1n) is 14.2. The van der Waals surface area contributed by atoms with E-state index in [2.05, 4.69) is 11.4 Å². The molecule has 1 aliphatic heterocycles. The molecule has 1 saturated carbocycles. The number of fused-ring (bicyclic) bond motifs is 1. The topological polar surface area (TPSA) is 85.7 Å². The van der Waals surface area contributed by atoms with Crippen molar-refractivity contribution in [2.75, 3.05) is 31.4 Å². The van der Waals surface area contributed by atoms with E-state index in [0.717, 1.165) is 40.8 Å². The van der Waals surface area contributed by atoms with Gasteiger partial charge in [0.1, 0.15) is 29.6 Å². The summed E-state index contributed by atoms with van der Waals surface area (Å²) in [6, 6.07) is 19.5. The zero-order valence-corrected chi connectivity index (χ0v) is 26.1. The number of nitrogens with one attached hydrogen (secondary N) is 1. The zero-order valence-electron chi connectivity index (χ0n) is 24.5. The fraction of sp³-hybridized carbons (Fsp3) is 0.303. The lowest BCUT2D eigenvalue weighted by Gasteiger charge is -2.24. The maximum absolute atomic E-state index is 14.0. The van der Waals surface area contributed by atoms with Gasteiger partial charge in [-0.2, -0.15) is 5.10 Å². The molecule has 1 aliphatic carbocycles. The maximum atomic E-state index is 14.0. The first kappa shape index (κ1) is 29.1. The number of carbonyl (C=O) groups excluding carboxylic acids is 2. The number of aryl methyl sites for hydroxylation is 2. The van der Waals surface area contributed by atoms with E-state index < -0.39 is 0 Å². The number of rotatable bonds is 8. The van der Waals surface area contributed by atoms with E-state index >= 15 is 0 Å². The highest BCUT2D eigenvalue weighted by atomic mass is 35.5. The molecule has 0 unspecified atom stereocenters. The van der Waals surface area contributed by atoms with E-state index in [4.69, 9.17) is 26.2 Å². The van der Waals surface area contributed by atoms with Crippen LogP contribution >= 0.6 is 23.4 Å². The van der Waals surface area contributed by atoms with Crippen molar-refractivity contribution in [3.05, 3.63) is 87.9 Å². The number of carbonyl (C=O) groups is 2. The molecule has 10 heteroatoms. The van der Waals surface area contributed by atoms with Crippen LogP contribution in [0.2, 0.25) is 5.02 Å². The second-order valence-electron chi connectivity index (χ2n) is 10.9. The molecule has 0 radical (unpaired) electrons. The van der Waals surface area contributed by atoms with Crippen LogP contribution < -0.4 is 19.7 Å². The number of halogens is 1. The Morgan fingerprint density at radius 3 is 2.42 bits per heavy atom. The molecule has 222 valence electrons. The van der Waals surface area contributed by atoms with Crippen LogP contribution in [0, 0.1) is 13.8 Å². The van der Waals surface area contributed by atoms with Gasteiger partial charge in [-0.1, -0.05) is 53.6 Å². The van der Waals surface area contributed by atoms with Gasteiger partial charge in [0, 0.05) is 16.6 Å². The molecule has 0 spiro atoms. The average molecular weight is 617 g/mol. The summed E-state index contributed by atoms with van der Waals surface area (Å²) in [4.78, 5) is 28.8. The van der Waals surface area contributed by atoms with E-state index in [1.807, 2.05) is 68.4 Å². The standard InChI is InChI=1S/C33H33ClN4O4S/c1-19-12-15-24(20(2)16-19)38-33-30(31(36-38)29-25(41-3)10-7-11-26(29)42-4)32(22-8-5-6-9-23(22)34)43-18-28(40)37(33)17-27(39)35-21-13-14-21/h5-12,15-16,21,32H,13-14,17-18H2,1-4H3,(H,35,39)/t32-/m1/s1. The normalized spacial score (nSPS) is 16.4. The van der Waals surface area contributed by atoms with Crippen molar-refractivity contribution in [1.29, 1.82) is 0 Å². The van der Waals surface area contributed by atoms with Crippen LogP contribution in [0.15, 0.2) is 60.7 Å². The molecule has 0 saturated heterocycles. The quantitative estimate of drug-likeness (QED) is 0.251. The van der Waals surface area contributed by atoms with Crippen molar-refractivity contribution >= 4 is 41.0 Å². The van der Waals surface area contributed by atoms with Crippen LogP contribution in [-0.2, 0) is 9.59 Å². The van der Waals surface area contributed by atoms with Crippen LogP contribution in [0.25, 0.3) is 16.9 Å². The third kappa shape index (κ3) is 5.59. The Labute approximate surface area is 260 Å². The number of amides is 2. The Balaban J connectivity index is 1.70. The van der Waals surface area contributed by atoms with Gasteiger partial charge in [0.2, 0.25) is 11.8 Å². The second-order valence-corrected chi connectivity index (χ2v) is 12.4. The first-order chi connectivity index (χ1) is 20.8. The minimum Gasteiger partial charge on any atom is -0.496 e. The van der Waals surface area contributed by atoms with Gasteiger partial charge in [-0.3, -0.25) is 14.5 Å². The van der Waals surface area contributed by atoms with Gasteiger partial charge in [0.05, 0.1) is 36.5 Å². The number of hydrogen-bond donors (Lipinski definition) is 1. The number of methoxy groups -OCH3 is 2. The van der Waals surface area contributed by atoms with Crippen LogP contribution in [0.5, 0.6) is 11.5 Å². The Bertz CT molecular complexity index is 1690. The molecule has 43 heavy (non-hydrogen) atoms. The van der Waals surface area contributed by atoms with E-state index in [-0.39, 0.29) is 35.4 Å². The number of hydrogen-bond acceptors (Lipinski definition) is 6. The molecule has 6 rings (SSSR count). The smallest absolute Gasteiger partial charge is 0.240 e. The van der Waals surface area contributed by atoms with Crippen molar-refractivity contribution in [3.8, 4) is 28.4 Å². The number of aromatic nitrogens is 2. The van der Waals surface area contributed by atoms with Crippen molar-refractivity contribution in [3.63, 3.8) is 0 Å². The summed E-state index contributed by atoms with van der Waals surface area (Å²) in [6.07, 6.45) is 1.90. The molecule has 3 aromatic carbocycles. The Hall–Kier alpha value is -3.95. The SMILES string of the molecule is COc1cccc(OC)c1-c1nn(-c2ccc(C)cc2C)c2c1[C@@H](c1ccccc1Cl)SCC(=O)N2CC(=O)NC1CC1. The Kier molecular flexibility index (Phi) is 8.11. The lowest BCUT2D eigenvalue weighted by molar-refractivity contribution is -0.123. The molecular formula is C33H33ClN4O4S. The average Bonchev–Trinajstić information content (AvgIpc) is 3.75. The van der Waals surface area contributed by atoms with Gasteiger partial charge in [0.15, 0.2) is 0 Å². The maximum Gasteiger partial charge on any atom is 0.240 e. The zero-order chi connectivity index (χ0) is 30.2. The van der Waals surface area contributed by atoms with Gasteiger partial charge >= 0.3 is 0 Å². The molecule has 2 amide bonds.